The molecule has 6 heteroatoms. The molecule has 0 amide bonds. The summed E-state index contributed by atoms with van der Waals surface area (Å²) in [7, 11) is 0. The zero-order valence-electron chi connectivity index (χ0n) is 39.5. The molecule has 0 radical (unpaired) electrons. The zero-order valence-corrected chi connectivity index (χ0v) is 39.5. The summed E-state index contributed by atoms with van der Waals surface area (Å²) in [5, 5.41) is 0. The molecule has 0 rings (SSSR count). The highest BCUT2D eigenvalue weighted by atomic mass is 16.6. The largest absolute Gasteiger partial charge is 0.462 e. The molecule has 0 aliphatic heterocycles. The van der Waals surface area contributed by atoms with Crippen molar-refractivity contribution >= 4 is 17.9 Å². The van der Waals surface area contributed by atoms with E-state index in [1.165, 1.54) is 135 Å². The van der Waals surface area contributed by atoms with Gasteiger partial charge >= 0.3 is 17.9 Å². The van der Waals surface area contributed by atoms with Gasteiger partial charge in [-0.25, -0.2) is 0 Å². The van der Waals surface area contributed by atoms with Crippen LogP contribution in [0.5, 0.6) is 0 Å². The zero-order chi connectivity index (χ0) is 43.7. The number of carbonyl (C=O) groups is 3. The summed E-state index contributed by atoms with van der Waals surface area (Å²) >= 11 is 0. The van der Waals surface area contributed by atoms with Gasteiger partial charge in [0.1, 0.15) is 13.2 Å². The topological polar surface area (TPSA) is 78.9 Å². The molecule has 0 saturated carbocycles. The first-order chi connectivity index (χ1) is 29.5. The molecule has 6 nitrogen and oxygen atoms in total. The average Bonchev–Trinajstić information content (AvgIpc) is 3.24. The van der Waals surface area contributed by atoms with E-state index in [9.17, 15) is 14.4 Å². The number of unbranched alkanes of at least 4 members (excludes halogenated alkanes) is 25. The van der Waals surface area contributed by atoms with Gasteiger partial charge < -0.3 is 14.2 Å². The molecule has 1 unspecified atom stereocenters. The van der Waals surface area contributed by atoms with E-state index in [4.69, 9.17) is 14.2 Å². The Morgan fingerprint density at radius 3 is 1.17 bits per heavy atom. The van der Waals surface area contributed by atoms with Crippen LogP contribution in [0.15, 0.2) is 60.8 Å². The molecule has 60 heavy (non-hydrogen) atoms. The second kappa shape index (κ2) is 48.8. The van der Waals surface area contributed by atoms with Crippen molar-refractivity contribution in [2.24, 2.45) is 0 Å². The third kappa shape index (κ3) is 46.2. The lowest BCUT2D eigenvalue weighted by atomic mass is 10.1. The van der Waals surface area contributed by atoms with E-state index in [1.54, 1.807) is 6.08 Å². The SMILES string of the molecule is CC/C=C\C/C=C\C/C=C\CC(=O)OCC(COC(=O)CCCCCCCCC/C=C\CCCCCCCCCC)OC(=O)CCCCC/C=C\CCCCCCCCC. The number of carbonyl (C=O) groups excluding carboxylic acids is 3. The van der Waals surface area contributed by atoms with E-state index < -0.39 is 12.1 Å². The molecule has 0 bridgehead atoms. The van der Waals surface area contributed by atoms with Crippen LogP contribution >= 0.6 is 0 Å². The Hall–Kier alpha value is -2.89. The summed E-state index contributed by atoms with van der Waals surface area (Å²) in [6.07, 6.45) is 59.6. The standard InChI is InChI=1S/C54H94O6/c1-4-7-10-13-16-19-21-23-25-26-27-28-29-31-32-35-38-41-44-47-53(56)59-50-51(49-58-52(55)46-43-40-37-34-18-15-12-9-6-3)60-54(57)48-45-42-39-36-33-30-24-22-20-17-14-11-8-5-2/h9,12,18,26-27,30,33-34,40,43,51H,4-8,10-11,13-17,19-25,28-29,31-32,35-39,41-42,44-50H2,1-3H3/b12-9-,27-26-,33-30-,34-18-,43-40-. The Morgan fingerprint density at radius 1 is 0.367 bits per heavy atom. The summed E-state index contributed by atoms with van der Waals surface area (Å²) in [6.45, 7) is 6.40. The quantitative estimate of drug-likeness (QED) is 0.0263. The van der Waals surface area contributed by atoms with E-state index in [0.717, 1.165) is 70.6 Å². The van der Waals surface area contributed by atoms with Gasteiger partial charge in [0.05, 0.1) is 6.42 Å². The third-order valence-corrected chi connectivity index (χ3v) is 10.8. The van der Waals surface area contributed by atoms with E-state index >= 15 is 0 Å². The van der Waals surface area contributed by atoms with Gasteiger partial charge in [-0.3, -0.25) is 14.4 Å². The Kier molecular flexibility index (Phi) is 46.4. The van der Waals surface area contributed by atoms with Crippen LogP contribution < -0.4 is 0 Å². The third-order valence-electron chi connectivity index (χ3n) is 10.8. The predicted octanol–water partition coefficient (Wildman–Crippen LogP) is 16.5. The van der Waals surface area contributed by atoms with Crippen LogP contribution in [0.25, 0.3) is 0 Å². The molecule has 1 atom stereocenters. The van der Waals surface area contributed by atoms with Crippen molar-refractivity contribution in [1.29, 1.82) is 0 Å². The van der Waals surface area contributed by atoms with Gasteiger partial charge in [0, 0.05) is 12.8 Å². The number of esters is 3. The van der Waals surface area contributed by atoms with Crippen molar-refractivity contribution in [3.63, 3.8) is 0 Å². The van der Waals surface area contributed by atoms with Crippen LogP contribution in [0.4, 0.5) is 0 Å². The maximum atomic E-state index is 12.7. The summed E-state index contributed by atoms with van der Waals surface area (Å²) in [5.41, 5.74) is 0. The normalized spacial score (nSPS) is 12.5. The molecule has 0 heterocycles. The molecule has 0 fully saturated rings. The van der Waals surface area contributed by atoms with E-state index in [1.807, 2.05) is 6.08 Å². The molecule has 0 aliphatic carbocycles. The van der Waals surface area contributed by atoms with Gasteiger partial charge in [0.2, 0.25) is 0 Å². The summed E-state index contributed by atoms with van der Waals surface area (Å²) in [6, 6.07) is 0. The highest BCUT2D eigenvalue weighted by Crippen LogP contribution is 2.14. The molecule has 0 aromatic carbocycles. The Morgan fingerprint density at radius 2 is 0.717 bits per heavy atom. The molecule has 346 valence electrons. The molecule has 0 N–H and O–H groups in total. The van der Waals surface area contributed by atoms with Gasteiger partial charge in [-0.2, -0.15) is 0 Å². The number of ether oxygens (including phenoxy) is 3. The number of hydrogen-bond donors (Lipinski definition) is 0. The van der Waals surface area contributed by atoms with Crippen molar-refractivity contribution in [2.75, 3.05) is 13.2 Å². The van der Waals surface area contributed by atoms with Crippen molar-refractivity contribution in [1.82, 2.24) is 0 Å². The van der Waals surface area contributed by atoms with Crippen LogP contribution in [0.3, 0.4) is 0 Å². The summed E-state index contributed by atoms with van der Waals surface area (Å²) in [4.78, 5) is 37.7. The molecule has 0 aromatic rings. The maximum absolute atomic E-state index is 12.7. The van der Waals surface area contributed by atoms with Crippen molar-refractivity contribution in [2.45, 2.75) is 252 Å². The Labute approximate surface area is 370 Å². The first-order valence-corrected chi connectivity index (χ1v) is 25.3. The lowest BCUT2D eigenvalue weighted by molar-refractivity contribution is -0.166. The minimum Gasteiger partial charge on any atom is -0.462 e. The first-order valence-electron chi connectivity index (χ1n) is 25.3. The van der Waals surface area contributed by atoms with Crippen LogP contribution in [-0.4, -0.2) is 37.2 Å². The lowest BCUT2D eigenvalue weighted by Crippen LogP contribution is -2.30. The van der Waals surface area contributed by atoms with Crippen LogP contribution in [-0.2, 0) is 28.6 Å². The molecule has 0 aromatic heterocycles. The van der Waals surface area contributed by atoms with E-state index in [0.29, 0.717) is 12.8 Å². The van der Waals surface area contributed by atoms with Gasteiger partial charge in [-0.15, -0.1) is 0 Å². The minimum atomic E-state index is -0.817. The van der Waals surface area contributed by atoms with Crippen LogP contribution in [0.1, 0.15) is 245 Å². The van der Waals surface area contributed by atoms with Crippen LogP contribution in [0, 0.1) is 0 Å². The minimum absolute atomic E-state index is 0.109. The Balaban J connectivity index is 4.36. The Bertz CT molecular complexity index is 1100. The molecule has 0 spiro atoms. The van der Waals surface area contributed by atoms with Gasteiger partial charge in [-0.1, -0.05) is 204 Å². The van der Waals surface area contributed by atoms with E-state index in [-0.39, 0.29) is 31.6 Å². The van der Waals surface area contributed by atoms with Gasteiger partial charge in [0.15, 0.2) is 6.10 Å². The van der Waals surface area contributed by atoms with Gasteiger partial charge in [0.25, 0.3) is 0 Å². The number of rotatable bonds is 45. The van der Waals surface area contributed by atoms with Crippen LogP contribution in [0.2, 0.25) is 0 Å². The number of allylic oxidation sites excluding steroid dienone is 9. The fourth-order valence-corrected chi connectivity index (χ4v) is 6.96. The summed E-state index contributed by atoms with van der Waals surface area (Å²) < 4.78 is 16.6. The maximum Gasteiger partial charge on any atom is 0.309 e. The fraction of sp³-hybridized carbons (Fsp3) is 0.759. The monoisotopic (exact) mass is 839 g/mol. The second-order valence-corrected chi connectivity index (χ2v) is 16.7. The van der Waals surface area contributed by atoms with Crippen molar-refractivity contribution in [3.8, 4) is 0 Å². The highest BCUT2D eigenvalue weighted by Gasteiger charge is 2.19. The highest BCUT2D eigenvalue weighted by molar-refractivity contribution is 5.72. The molecule has 0 aliphatic rings. The first kappa shape index (κ1) is 57.1. The average molecular weight is 839 g/mol. The molecular formula is C54H94O6. The summed E-state index contributed by atoms with van der Waals surface area (Å²) in [5.74, 6) is -1.06. The van der Waals surface area contributed by atoms with E-state index in [2.05, 4.69) is 69.4 Å². The fourth-order valence-electron chi connectivity index (χ4n) is 6.96. The smallest absolute Gasteiger partial charge is 0.309 e. The molecular weight excluding hydrogens is 745 g/mol. The lowest BCUT2D eigenvalue weighted by Gasteiger charge is -2.18. The molecule has 0 saturated heterocycles. The number of hydrogen-bond acceptors (Lipinski definition) is 6. The predicted molar refractivity (Wildman–Crippen MR) is 256 cm³/mol. The van der Waals surface area contributed by atoms with Crippen molar-refractivity contribution < 1.29 is 28.6 Å². The van der Waals surface area contributed by atoms with Crippen molar-refractivity contribution in [3.05, 3.63) is 60.8 Å². The van der Waals surface area contributed by atoms with Gasteiger partial charge in [-0.05, 0) is 83.5 Å². The second-order valence-electron chi connectivity index (χ2n) is 16.7.